The number of aliphatic hydroxyl groups excluding tert-OH is 1. The van der Waals surface area contributed by atoms with Crippen molar-refractivity contribution in [1.29, 1.82) is 0 Å². The van der Waals surface area contributed by atoms with Crippen LogP contribution in [0.5, 0.6) is 0 Å². The number of aryl methyl sites for hydroxylation is 1. The van der Waals surface area contributed by atoms with Crippen molar-refractivity contribution in [2.45, 2.75) is 103 Å². The van der Waals surface area contributed by atoms with Crippen LogP contribution in [0.3, 0.4) is 0 Å². The highest BCUT2D eigenvalue weighted by Gasteiger charge is 2.32. The number of aliphatic hydroxyl groups is 1. The number of rotatable bonds is 15. The molecule has 0 heterocycles. The van der Waals surface area contributed by atoms with Gasteiger partial charge in [0.1, 0.15) is 0 Å². The van der Waals surface area contributed by atoms with E-state index < -0.39 is 5.97 Å². The SMILES string of the molecule is C=C(CO)C(=O)OCC(CCOC)CC1CCC(C2CCC(c3ccc(CCCCC)cc3)CC2)CC1. The number of hydrogen-bond acceptors (Lipinski definition) is 4. The van der Waals surface area contributed by atoms with Crippen LogP contribution < -0.4 is 0 Å². The summed E-state index contributed by atoms with van der Waals surface area (Å²) in [5, 5.41) is 9.10. The molecule has 0 aromatic heterocycles. The van der Waals surface area contributed by atoms with Crippen LogP contribution in [-0.2, 0) is 20.7 Å². The number of hydrogen-bond donors (Lipinski definition) is 1. The molecule has 0 bridgehead atoms. The van der Waals surface area contributed by atoms with Gasteiger partial charge in [0.05, 0.1) is 18.8 Å². The Kier molecular flexibility index (Phi) is 13.2. The summed E-state index contributed by atoms with van der Waals surface area (Å²) in [4.78, 5) is 11.9. The summed E-state index contributed by atoms with van der Waals surface area (Å²) in [6.07, 6.45) is 17.9. The van der Waals surface area contributed by atoms with Crippen LogP contribution in [0.15, 0.2) is 36.4 Å². The van der Waals surface area contributed by atoms with Crippen molar-refractivity contribution >= 4 is 5.97 Å². The minimum atomic E-state index is -0.479. The quantitative estimate of drug-likeness (QED) is 0.149. The Bertz CT molecular complexity index is 785. The van der Waals surface area contributed by atoms with Gasteiger partial charge in [-0.05, 0) is 105 Å². The molecular formula is C33H52O4. The molecule has 0 spiro atoms. The summed E-state index contributed by atoms with van der Waals surface area (Å²) in [7, 11) is 1.72. The van der Waals surface area contributed by atoms with Crippen molar-refractivity contribution in [3.05, 3.63) is 47.5 Å². The number of methoxy groups -OCH3 is 1. The van der Waals surface area contributed by atoms with Gasteiger partial charge >= 0.3 is 5.97 Å². The second kappa shape index (κ2) is 16.3. The van der Waals surface area contributed by atoms with E-state index >= 15 is 0 Å². The normalized spacial score (nSPS) is 24.9. The summed E-state index contributed by atoms with van der Waals surface area (Å²) in [6, 6.07) is 9.58. The zero-order valence-electron chi connectivity index (χ0n) is 23.6. The molecule has 1 N–H and O–H groups in total. The molecule has 0 aliphatic heterocycles. The Labute approximate surface area is 226 Å². The van der Waals surface area contributed by atoms with Gasteiger partial charge in [-0.15, -0.1) is 0 Å². The summed E-state index contributed by atoms with van der Waals surface area (Å²) >= 11 is 0. The van der Waals surface area contributed by atoms with E-state index in [0.29, 0.717) is 25.0 Å². The van der Waals surface area contributed by atoms with Crippen molar-refractivity contribution in [3.8, 4) is 0 Å². The third kappa shape index (κ3) is 9.87. The van der Waals surface area contributed by atoms with E-state index in [4.69, 9.17) is 14.6 Å². The van der Waals surface area contributed by atoms with Crippen LogP contribution in [0.2, 0.25) is 0 Å². The third-order valence-corrected chi connectivity index (χ3v) is 9.18. The Morgan fingerprint density at radius 1 is 1.00 bits per heavy atom. The first-order chi connectivity index (χ1) is 18.0. The van der Waals surface area contributed by atoms with E-state index in [9.17, 15) is 4.79 Å². The topological polar surface area (TPSA) is 55.8 Å². The molecule has 208 valence electrons. The lowest BCUT2D eigenvalue weighted by Gasteiger charge is -2.38. The first-order valence-corrected chi connectivity index (χ1v) is 15.1. The van der Waals surface area contributed by atoms with Crippen LogP contribution in [-0.4, -0.2) is 38.0 Å². The van der Waals surface area contributed by atoms with E-state index in [-0.39, 0.29) is 12.2 Å². The van der Waals surface area contributed by atoms with Crippen molar-refractivity contribution in [1.82, 2.24) is 0 Å². The van der Waals surface area contributed by atoms with Gasteiger partial charge in [-0.3, -0.25) is 0 Å². The average Bonchev–Trinajstić information content (AvgIpc) is 2.95. The van der Waals surface area contributed by atoms with Gasteiger partial charge in [-0.1, -0.05) is 63.5 Å². The first-order valence-electron chi connectivity index (χ1n) is 15.1. The highest BCUT2D eigenvalue weighted by molar-refractivity contribution is 5.87. The minimum Gasteiger partial charge on any atom is -0.462 e. The van der Waals surface area contributed by atoms with Crippen molar-refractivity contribution in [3.63, 3.8) is 0 Å². The zero-order valence-corrected chi connectivity index (χ0v) is 23.6. The molecule has 2 fully saturated rings. The number of esters is 1. The molecule has 3 rings (SSSR count). The van der Waals surface area contributed by atoms with E-state index in [1.165, 1.54) is 82.6 Å². The van der Waals surface area contributed by atoms with E-state index in [1.54, 1.807) is 12.7 Å². The predicted octanol–water partition coefficient (Wildman–Crippen LogP) is 7.63. The monoisotopic (exact) mass is 512 g/mol. The van der Waals surface area contributed by atoms with E-state index in [0.717, 1.165) is 30.6 Å². The molecule has 1 unspecified atom stereocenters. The maximum atomic E-state index is 11.9. The summed E-state index contributed by atoms with van der Waals surface area (Å²) in [5.41, 5.74) is 3.19. The standard InChI is InChI=1S/C33H52O4/c1-4-5-6-7-26-8-12-29(13-9-26)31-16-18-32(19-17-31)30-14-10-27(11-15-30)22-28(20-21-36-3)24-37-33(35)25(2)23-34/h8-9,12-13,27-28,30-32,34H,2,4-7,10-11,14-24H2,1,3H3. The third-order valence-electron chi connectivity index (χ3n) is 9.18. The van der Waals surface area contributed by atoms with Gasteiger partial charge in [-0.2, -0.15) is 0 Å². The predicted molar refractivity (Wildman–Crippen MR) is 152 cm³/mol. The van der Waals surface area contributed by atoms with Gasteiger partial charge in [-0.25, -0.2) is 4.79 Å². The molecule has 37 heavy (non-hydrogen) atoms. The van der Waals surface area contributed by atoms with Crippen molar-refractivity contribution in [2.75, 3.05) is 26.9 Å². The summed E-state index contributed by atoms with van der Waals surface area (Å²) in [5.74, 6) is 3.09. The number of carbonyl (C=O) groups excluding carboxylic acids is 1. The minimum absolute atomic E-state index is 0.125. The largest absolute Gasteiger partial charge is 0.462 e. The van der Waals surface area contributed by atoms with Gasteiger partial charge in [0, 0.05) is 13.7 Å². The zero-order chi connectivity index (χ0) is 26.5. The molecule has 2 aliphatic carbocycles. The molecule has 0 amide bonds. The second-order valence-corrected chi connectivity index (χ2v) is 11.8. The van der Waals surface area contributed by atoms with Gasteiger partial charge in [0.2, 0.25) is 0 Å². The number of carbonyl (C=O) groups is 1. The smallest absolute Gasteiger partial charge is 0.335 e. The van der Waals surface area contributed by atoms with Gasteiger partial charge < -0.3 is 14.6 Å². The van der Waals surface area contributed by atoms with Crippen LogP contribution in [0.25, 0.3) is 0 Å². The molecule has 2 aliphatic rings. The van der Waals surface area contributed by atoms with Crippen LogP contribution in [0.1, 0.15) is 107 Å². The first kappa shape index (κ1) is 29.9. The molecule has 2 saturated carbocycles. The molecule has 1 atom stereocenters. The van der Waals surface area contributed by atoms with Crippen molar-refractivity contribution in [2.24, 2.45) is 23.7 Å². The van der Waals surface area contributed by atoms with Crippen LogP contribution in [0.4, 0.5) is 0 Å². The maximum absolute atomic E-state index is 11.9. The Balaban J connectivity index is 1.39. The second-order valence-electron chi connectivity index (χ2n) is 11.8. The lowest BCUT2D eigenvalue weighted by Crippen LogP contribution is -2.27. The Morgan fingerprint density at radius 3 is 2.24 bits per heavy atom. The number of unbranched alkanes of at least 4 members (excludes halogenated alkanes) is 2. The van der Waals surface area contributed by atoms with Crippen molar-refractivity contribution < 1.29 is 19.4 Å². The van der Waals surface area contributed by atoms with Crippen LogP contribution in [0, 0.1) is 23.7 Å². The molecule has 0 radical (unpaired) electrons. The molecule has 1 aromatic carbocycles. The van der Waals surface area contributed by atoms with Gasteiger partial charge in [0.15, 0.2) is 0 Å². The van der Waals surface area contributed by atoms with Gasteiger partial charge in [0.25, 0.3) is 0 Å². The molecule has 4 heteroatoms. The van der Waals surface area contributed by atoms with E-state index in [1.807, 2.05) is 0 Å². The Morgan fingerprint density at radius 2 is 1.65 bits per heavy atom. The molecule has 0 saturated heterocycles. The average molecular weight is 513 g/mol. The molecular weight excluding hydrogens is 460 g/mol. The number of ether oxygens (including phenoxy) is 2. The highest BCUT2D eigenvalue weighted by Crippen LogP contribution is 2.45. The Hall–Kier alpha value is -1.65. The fourth-order valence-corrected chi connectivity index (χ4v) is 6.74. The molecule has 4 nitrogen and oxygen atoms in total. The maximum Gasteiger partial charge on any atom is 0.335 e. The fraction of sp³-hybridized carbons (Fsp3) is 0.727. The lowest BCUT2D eigenvalue weighted by atomic mass is 9.67. The summed E-state index contributed by atoms with van der Waals surface area (Å²) in [6.45, 7) is 6.57. The van der Waals surface area contributed by atoms with E-state index in [2.05, 4.69) is 37.8 Å². The van der Waals surface area contributed by atoms with Crippen LogP contribution >= 0.6 is 0 Å². The molecule has 1 aromatic rings. The lowest BCUT2D eigenvalue weighted by molar-refractivity contribution is -0.141. The number of benzene rings is 1. The fourth-order valence-electron chi connectivity index (χ4n) is 6.74. The summed E-state index contributed by atoms with van der Waals surface area (Å²) < 4.78 is 10.7. The highest BCUT2D eigenvalue weighted by atomic mass is 16.5.